The molecule has 0 radical (unpaired) electrons. The highest BCUT2D eigenvalue weighted by atomic mass is 16.2. The van der Waals surface area contributed by atoms with E-state index < -0.39 is 0 Å². The SMILES string of the molecule is CC(CC(=O)N1CCCC(C(C)N)C1)c1ccncc1. The average molecular weight is 275 g/mol. The highest BCUT2D eigenvalue weighted by molar-refractivity contribution is 5.77. The molecule has 0 bridgehead atoms. The smallest absolute Gasteiger partial charge is 0.223 e. The van der Waals surface area contributed by atoms with E-state index in [2.05, 4.69) is 11.9 Å². The van der Waals surface area contributed by atoms with Crippen molar-refractivity contribution in [2.45, 2.75) is 45.1 Å². The molecule has 0 aliphatic carbocycles. The van der Waals surface area contributed by atoms with Crippen LogP contribution in [0.3, 0.4) is 0 Å². The Balaban J connectivity index is 1.91. The number of carbonyl (C=O) groups is 1. The number of amides is 1. The van der Waals surface area contributed by atoms with E-state index in [-0.39, 0.29) is 17.9 Å². The maximum atomic E-state index is 12.4. The largest absolute Gasteiger partial charge is 0.342 e. The van der Waals surface area contributed by atoms with Crippen LogP contribution in [0.1, 0.15) is 44.6 Å². The second-order valence-corrected chi connectivity index (χ2v) is 5.99. The summed E-state index contributed by atoms with van der Waals surface area (Å²) >= 11 is 0. The Morgan fingerprint density at radius 1 is 1.45 bits per heavy atom. The lowest BCUT2D eigenvalue weighted by molar-refractivity contribution is -0.133. The molecule has 0 saturated carbocycles. The topological polar surface area (TPSA) is 59.2 Å². The van der Waals surface area contributed by atoms with Crippen molar-refractivity contribution in [3.8, 4) is 0 Å². The second kappa shape index (κ2) is 6.84. The van der Waals surface area contributed by atoms with Crippen molar-refractivity contribution in [3.05, 3.63) is 30.1 Å². The number of hydrogen-bond acceptors (Lipinski definition) is 3. The number of likely N-dealkylation sites (tertiary alicyclic amines) is 1. The van der Waals surface area contributed by atoms with Crippen molar-refractivity contribution in [2.24, 2.45) is 11.7 Å². The minimum Gasteiger partial charge on any atom is -0.342 e. The Kier molecular flexibility index (Phi) is 5.12. The molecule has 1 aromatic heterocycles. The van der Waals surface area contributed by atoms with Gasteiger partial charge in [-0.1, -0.05) is 6.92 Å². The van der Waals surface area contributed by atoms with Crippen molar-refractivity contribution >= 4 is 5.91 Å². The summed E-state index contributed by atoms with van der Waals surface area (Å²) in [6.07, 6.45) is 6.34. The van der Waals surface area contributed by atoms with Crippen LogP contribution < -0.4 is 5.73 Å². The summed E-state index contributed by atoms with van der Waals surface area (Å²) in [4.78, 5) is 18.4. The van der Waals surface area contributed by atoms with Gasteiger partial charge in [0.2, 0.25) is 5.91 Å². The van der Waals surface area contributed by atoms with E-state index in [9.17, 15) is 4.79 Å². The van der Waals surface area contributed by atoms with Gasteiger partial charge in [-0.15, -0.1) is 0 Å². The summed E-state index contributed by atoms with van der Waals surface area (Å²) in [6.45, 7) is 5.84. The first kappa shape index (κ1) is 15.0. The number of carbonyl (C=O) groups excluding carboxylic acids is 1. The Morgan fingerprint density at radius 2 is 2.15 bits per heavy atom. The Labute approximate surface area is 121 Å². The van der Waals surface area contributed by atoms with Gasteiger partial charge in [-0.25, -0.2) is 0 Å². The van der Waals surface area contributed by atoms with Gasteiger partial charge in [0, 0.05) is 37.9 Å². The van der Waals surface area contributed by atoms with Gasteiger partial charge in [0.25, 0.3) is 0 Å². The minimum atomic E-state index is 0.170. The molecule has 1 saturated heterocycles. The van der Waals surface area contributed by atoms with Gasteiger partial charge in [-0.05, 0) is 49.3 Å². The van der Waals surface area contributed by atoms with E-state index in [0.717, 1.165) is 25.9 Å². The van der Waals surface area contributed by atoms with Crippen LogP contribution in [0.25, 0.3) is 0 Å². The molecule has 4 nitrogen and oxygen atoms in total. The second-order valence-electron chi connectivity index (χ2n) is 5.99. The third-order valence-corrected chi connectivity index (χ3v) is 4.31. The van der Waals surface area contributed by atoms with Crippen LogP contribution in [-0.4, -0.2) is 34.9 Å². The Bertz CT molecular complexity index is 433. The molecule has 20 heavy (non-hydrogen) atoms. The number of piperidine rings is 1. The van der Waals surface area contributed by atoms with Crippen LogP contribution in [0.15, 0.2) is 24.5 Å². The summed E-state index contributed by atoms with van der Waals surface area (Å²) in [5.41, 5.74) is 7.15. The highest BCUT2D eigenvalue weighted by Crippen LogP contribution is 2.23. The monoisotopic (exact) mass is 275 g/mol. The predicted octanol–water partition coefficient (Wildman–Crippen LogP) is 2.16. The summed E-state index contributed by atoms with van der Waals surface area (Å²) in [5.74, 6) is 0.935. The normalized spacial score (nSPS) is 22.4. The molecule has 110 valence electrons. The molecule has 0 aromatic carbocycles. The zero-order valence-corrected chi connectivity index (χ0v) is 12.5. The van der Waals surface area contributed by atoms with Crippen molar-refractivity contribution in [1.29, 1.82) is 0 Å². The lowest BCUT2D eigenvalue weighted by atomic mass is 9.91. The van der Waals surface area contributed by atoms with E-state index in [4.69, 9.17) is 5.73 Å². The van der Waals surface area contributed by atoms with Crippen LogP contribution >= 0.6 is 0 Å². The van der Waals surface area contributed by atoms with E-state index >= 15 is 0 Å². The number of nitrogens with two attached hydrogens (primary N) is 1. The summed E-state index contributed by atoms with van der Waals surface area (Å²) in [7, 11) is 0. The maximum absolute atomic E-state index is 12.4. The minimum absolute atomic E-state index is 0.170. The Morgan fingerprint density at radius 3 is 2.80 bits per heavy atom. The molecular weight excluding hydrogens is 250 g/mol. The summed E-state index contributed by atoms with van der Waals surface area (Å²) < 4.78 is 0. The van der Waals surface area contributed by atoms with Gasteiger partial charge in [0.1, 0.15) is 0 Å². The standard InChI is InChI=1S/C16H25N3O/c1-12(14-5-7-18-8-6-14)10-16(20)19-9-3-4-15(11-19)13(2)17/h5-8,12-13,15H,3-4,9-11,17H2,1-2H3. The first-order valence-electron chi connectivity index (χ1n) is 7.51. The molecule has 1 aliphatic heterocycles. The number of pyridine rings is 1. The zero-order chi connectivity index (χ0) is 14.5. The van der Waals surface area contributed by atoms with Gasteiger partial charge in [0.15, 0.2) is 0 Å². The number of hydrogen-bond donors (Lipinski definition) is 1. The number of aromatic nitrogens is 1. The lowest BCUT2D eigenvalue weighted by Crippen LogP contribution is -2.45. The number of nitrogens with zero attached hydrogens (tertiary/aromatic N) is 2. The first-order chi connectivity index (χ1) is 9.58. The van der Waals surface area contributed by atoms with Gasteiger partial charge in [-0.3, -0.25) is 9.78 Å². The van der Waals surface area contributed by atoms with Gasteiger partial charge < -0.3 is 10.6 Å². The molecule has 4 heteroatoms. The Hall–Kier alpha value is -1.42. The third-order valence-electron chi connectivity index (χ3n) is 4.31. The van der Waals surface area contributed by atoms with Crippen molar-refractivity contribution < 1.29 is 4.79 Å². The van der Waals surface area contributed by atoms with Crippen LogP contribution in [0.5, 0.6) is 0 Å². The van der Waals surface area contributed by atoms with Crippen LogP contribution in [0.4, 0.5) is 0 Å². The van der Waals surface area contributed by atoms with E-state index in [1.54, 1.807) is 12.4 Å². The maximum Gasteiger partial charge on any atom is 0.223 e. The lowest BCUT2D eigenvalue weighted by Gasteiger charge is -2.35. The molecular formula is C16H25N3O. The fourth-order valence-corrected chi connectivity index (χ4v) is 2.87. The molecule has 2 N–H and O–H groups in total. The quantitative estimate of drug-likeness (QED) is 0.916. The van der Waals surface area contributed by atoms with Gasteiger partial charge >= 0.3 is 0 Å². The first-order valence-corrected chi connectivity index (χ1v) is 7.51. The predicted molar refractivity (Wildman–Crippen MR) is 80.2 cm³/mol. The molecule has 1 aromatic rings. The molecule has 3 unspecified atom stereocenters. The van der Waals surface area contributed by atoms with Crippen LogP contribution in [0, 0.1) is 5.92 Å². The van der Waals surface area contributed by atoms with E-state index in [1.807, 2.05) is 24.0 Å². The van der Waals surface area contributed by atoms with Crippen LogP contribution in [-0.2, 0) is 4.79 Å². The van der Waals surface area contributed by atoms with Crippen molar-refractivity contribution in [2.75, 3.05) is 13.1 Å². The fraction of sp³-hybridized carbons (Fsp3) is 0.625. The summed E-state index contributed by atoms with van der Waals surface area (Å²) in [5, 5.41) is 0. The van der Waals surface area contributed by atoms with Crippen LogP contribution in [0.2, 0.25) is 0 Å². The van der Waals surface area contributed by atoms with E-state index in [1.165, 1.54) is 5.56 Å². The molecule has 0 spiro atoms. The van der Waals surface area contributed by atoms with Crippen molar-refractivity contribution in [1.82, 2.24) is 9.88 Å². The third kappa shape index (κ3) is 3.79. The van der Waals surface area contributed by atoms with Gasteiger partial charge in [0.05, 0.1) is 0 Å². The molecule has 3 atom stereocenters. The molecule has 1 fully saturated rings. The van der Waals surface area contributed by atoms with Crippen molar-refractivity contribution in [3.63, 3.8) is 0 Å². The van der Waals surface area contributed by atoms with Gasteiger partial charge in [-0.2, -0.15) is 0 Å². The fourth-order valence-electron chi connectivity index (χ4n) is 2.87. The molecule has 2 rings (SSSR count). The highest BCUT2D eigenvalue weighted by Gasteiger charge is 2.26. The van der Waals surface area contributed by atoms with E-state index in [0.29, 0.717) is 12.3 Å². The average Bonchev–Trinajstić information content (AvgIpc) is 2.48. The summed E-state index contributed by atoms with van der Waals surface area (Å²) in [6, 6.07) is 4.14. The molecule has 1 aliphatic rings. The molecule has 1 amide bonds. The molecule has 2 heterocycles. The zero-order valence-electron chi connectivity index (χ0n) is 12.5. The number of rotatable bonds is 4.